The van der Waals surface area contributed by atoms with Gasteiger partial charge in [-0.05, 0) is 28.1 Å². The molecule has 1 N–H and O–H groups in total. The van der Waals surface area contributed by atoms with Gasteiger partial charge in [0.15, 0.2) is 0 Å². The van der Waals surface area contributed by atoms with Gasteiger partial charge in [-0.1, -0.05) is 0 Å². The van der Waals surface area contributed by atoms with Gasteiger partial charge in [-0.25, -0.2) is 8.78 Å². The fourth-order valence-corrected chi connectivity index (χ4v) is 2.92. The van der Waals surface area contributed by atoms with Crippen molar-refractivity contribution in [3.05, 3.63) is 21.8 Å². The summed E-state index contributed by atoms with van der Waals surface area (Å²) in [5.41, 5.74) is 0. The van der Waals surface area contributed by atoms with Gasteiger partial charge in [0.2, 0.25) is 5.89 Å². The Morgan fingerprint density at radius 1 is 1.40 bits per heavy atom. The molecule has 2 rings (SSSR count). The third-order valence-corrected chi connectivity index (χ3v) is 4.03. The summed E-state index contributed by atoms with van der Waals surface area (Å²) in [6.07, 6.45) is -2.47. The third kappa shape index (κ3) is 4.30. The molecule has 9 heteroatoms. The van der Waals surface area contributed by atoms with E-state index in [-0.39, 0.29) is 25.6 Å². The first kappa shape index (κ1) is 15.5. The van der Waals surface area contributed by atoms with Crippen LogP contribution in [0.25, 0.3) is 10.8 Å². The number of aliphatic hydroxyl groups excluding tert-OH is 1. The van der Waals surface area contributed by atoms with E-state index in [1.54, 1.807) is 0 Å². The Balaban J connectivity index is 2.04. The van der Waals surface area contributed by atoms with Gasteiger partial charge < -0.3 is 9.52 Å². The van der Waals surface area contributed by atoms with Crippen molar-refractivity contribution in [3.63, 3.8) is 0 Å². The second kappa shape index (κ2) is 7.21. The predicted octanol–water partition coefficient (Wildman–Crippen LogP) is 2.62. The number of aliphatic hydroxyl groups is 1. The van der Waals surface area contributed by atoms with Crippen molar-refractivity contribution in [2.75, 3.05) is 19.7 Å². The number of hydrogen-bond donors (Lipinski definition) is 1. The Morgan fingerprint density at radius 3 is 2.80 bits per heavy atom. The molecule has 5 nitrogen and oxygen atoms in total. The summed E-state index contributed by atoms with van der Waals surface area (Å²) in [6, 6.07) is 3.69. The molecule has 0 fully saturated rings. The molecule has 2 heterocycles. The van der Waals surface area contributed by atoms with Gasteiger partial charge in [-0.3, -0.25) is 4.90 Å². The zero-order valence-electron chi connectivity index (χ0n) is 10.3. The molecule has 0 aromatic carbocycles. The Labute approximate surface area is 126 Å². The van der Waals surface area contributed by atoms with E-state index in [1.807, 2.05) is 12.1 Å². The van der Waals surface area contributed by atoms with E-state index >= 15 is 0 Å². The lowest BCUT2D eigenvalue weighted by Gasteiger charge is -2.18. The van der Waals surface area contributed by atoms with Crippen LogP contribution in [0.2, 0.25) is 0 Å². The largest absolute Gasteiger partial charge is 0.419 e. The summed E-state index contributed by atoms with van der Waals surface area (Å²) in [5.74, 6) is 0.607. The Morgan fingerprint density at radius 2 is 2.20 bits per heavy atom. The molecule has 0 aliphatic carbocycles. The van der Waals surface area contributed by atoms with Gasteiger partial charge in [0.25, 0.3) is 12.3 Å². The van der Waals surface area contributed by atoms with Crippen LogP contribution < -0.4 is 0 Å². The SMILES string of the molecule is OCCN(Cc1nnc(-c2ccc(Br)s2)o1)CC(F)F. The van der Waals surface area contributed by atoms with Crippen LogP contribution in [-0.2, 0) is 6.54 Å². The average Bonchev–Trinajstić information content (AvgIpc) is 2.97. The Hall–Kier alpha value is -0.900. The van der Waals surface area contributed by atoms with E-state index in [2.05, 4.69) is 26.1 Å². The van der Waals surface area contributed by atoms with Crippen LogP contribution in [0.15, 0.2) is 20.3 Å². The van der Waals surface area contributed by atoms with Gasteiger partial charge in [-0.15, -0.1) is 21.5 Å². The molecule has 0 saturated carbocycles. The van der Waals surface area contributed by atoms with E-state index in [0.29, 0.717) is 5.89 Å². The third-order valence-electron chi connectivity index (χ3n) is 2.42. The maximum atomic E-state index is 12.4. The van der Waals surface area contributed by atoms with E-state index < -0.39 is 13.0 Å². The predicted molar refractivity (Wildman–Crippen MR) is 73.7 cm³/mol. The summed E-state index contributed by atoms with van der Waals surface area (Å²) in [7, 11) is 0. The molecular weight excluding hydrogens is 356 g/mol. The van der Waals surface area contributed by atoms with Crippen LogP contribution in [0.3, 0.4) is 0 Å². The average molecular weight is 368 g/mol. The van der Waals surface area contributed by atoms with Gasteiger partial charge >= 0.3 is 0 Å². The lowest BCUT2D eigenvalue weighted by molar-refractivity contribution is 0.0704. The number of thiophene rings is 1. The fourth-order valence-electron chi connectivity index (χ4n) is 1.61. The molecule has 0 spiro atoms. The van der Waals surface area contributed by atoms with E-state index in [4.69, 9.17) is 9.52 Å². The first-order chi connectivity index (χ1) is 9.58. The standard InChI is InChI=1S/C11H12BrF2N3O2S/c12-8-2-1-7(20-8)11-16-15-10(19-11)6-17(3-4-18)5-9(13)14/h1-2,9,18H,3-6H2. The molecule has 2 aromatic rings. The zero-order chi connectivity index (χ0) is 14.5. The van der Waals surface area contributed by atoms with Crippen molar-refractivity contribution < 1.29 is 18.3 Å². The number of hydrogen-bond acceptors (Lipinski definition) is 6. The quantitative estimate of drug-likeness (QED) is 0.814. The molecule has 0 amide bonds. The van der Waals surface area contributed by atoms with Crippen molar-refractivity contribution >= 4 is 27.3 Å². The summed E-state index contributed by atoms with van der Waals surface area (Å²) < 4.78 is 31.2. The van der Waals surface area contributed by atoms with E-state index in [9.17, 15) is 8.78 Å². The highest BCUT2D eigenvalue weighted by Crippen LogP contribution is 2.30. The van der Waals surface area contributed by atoms with Crippen LogP contribution >= 0.6 is 27.3 Å². The molecule has 0 aliphatic heterocycles. The molecule has 110 valence electrons. The van der Waals surface area contributed by atoms with Crippen molar-refractivity contribution in [1.29, 1.82) is 0 Å². The van der Waals surface area contributed by atoms with Crippen LogP contribution in [0.1, 0.15) is 5.89 Å². The summed E-state index contributed by atoms with van der Waals surface area (Å²) >= 11 is 4.77. The number of nitrogens with zero attached hydrogens (tertiary/aromatic N) is 3. The topological polar surface area (TPSA) is 62.4 Å². The van der Waals surface area contributed by atoms with Crippen molar-refractivity contribution in [3.8, 4) is 10.8 Å². The van der Waals surface area contributed by atoms with Gasteiger partial charge in [0.1, 0.15) is 0 Å². The molecule has 0 saturated heterocycles. The molecule has 0 atom stereocenters. The van der Waals surface area contributed by atoms with E-state index in [1.165, 1.54) is 16.2 Å². The number of rotatable bonds is 7. The first-order valence-corrected chi connectivity index (χ1v) is 7.39. The van der Waals surface area contributed by atoms with Crippen LogP contribution in [-0.4, -0.2) is 46.3 Å². The number of alkyl halides is 2. The fraction of sp³-hybridized carbons (Fsp3) is 0.455. The second-order valence-electron chi connectivity index (χ2n) is 3.95. The van der Waals surface area contributed by atoms with Gasteiger partial charge in [0.05, 0.1) is 28.4 Å². The van der Waals surface area contributed by atoms with Gasteiger partial charge in [0, 0.05) is 6.54 Å². The Bertz CT molecular complexity index is 549. The van der Waals surface area contributed by atoms with Crippen LogP contribution in [0.5, 0.6) is 0 Å². The minimum absolute atomic E-state index is 0.0877. The summed E-state index contributed by atoms with van der Waals surface area (Å²) in [6.45, 7) is -0.425. The lowest BCUT2D eigenvalue weighted by atomic mass is 10.4. The molecule has 0 unspecified atom stereocenters. The number of halogens is 3. The molecule has 20 heavy (non-hydrogen) atoms. The van der Waals surface area contributed by atoms with Crippen LogP contribution in [0.4, 0.5) is 8.78 Å². The normalized spacial score (nSPS) is 11.7. The molecular formula is C11H12BrF2N3O2S. The monoisotopic (exact) mass is 367 g/mol. The zero-order valence-corrected chi connectivity index (χ0v) is 12.7. The van der Waals surface area contributed by atoms with E-state index in [0.717, 1.165) is 8.66 Å². The minimum atomic E-state index is -2.47. The van der Waals surface area contributed by atoms with Gasteiger partial charge in [-0.2, -0.15) is 0 Å². The minimum Gasteiger partial charge on any atom is -0.419 e. The number of aromatic nitrogens is 2. The molecule has 0 radical (unpaired) electrons. The maximum absolute atomic E-state index is 12.4. The second-order valence-corrected chi connectivity index (χ2v) is 6.42. The van der Waals surface area contributed by atoms with Crippen molar-refractivity contribution in [2.45, 2.75) is 13.0 Å². The molecule has 2 aromatic heterocycles. The highest BCUT2D eigenvalue weighted by atomic mass is 79.9. The van der Waals surface area contributed by atoms with Crippen LogP contribution in [0, 0.1) is 0 Å². The maximum Gasteiger partial charge on any atom is 0.257 e. The summed E-state index contributed by atoms with van der Waals surface area (Å²) in [4.78, 5) is 2.17. The smallest absolute Gasteiger partial charge is 0.257 e. The first-order valence-electron chi connectivity index (χ1n) is 5.78. The molecule has 0 bridgehead atoms. The Kier molecular flexibility index (Phi) is 5.58. The highest BCUT2D eigenvalue weighted by Gasteiger charge is 2.16. The summed E-state index contributed by atoms with van der Waals surface area (Å²) in [5, 5.41) is 16.6. The highest BCUT2D eigenvalue weighted by molar-refractivity contribution is 9.11. The molecule has 0 aliphatic rings. The lowest BCUT2D eigenvalue weighted by Crippen LogP contribution is -2.31. The van der Waals surface area contributed by atoms with Crippen molar-refractivity contribution in [2.24, 2.45) is 0 Å². The van der Waals surface area contributed by atoms with Crippen molar-refractivity contribution in [1.82, 2.24) is 15.1 Å².